The maximum Gasteiger partial charge on any atom is 0.284 e. The number of para-hydroxylation sites is 2. The van der Waals surface area contributed by atoms with Crippen LogP contribution >= 0.6 is 0 Å². The maximum absolute atomic E-state index is 13.4. The lowest BCUT2D eigenvalue weighted by atomic mass is 10.2. The maximum atomic E-state index is 13.4. The number of benzene rings is 2. The summed E-state index contributed by atoms with van der Waals surface area (Å²) < 4.78 is 8.53. The Balaban J connectivity index is 1.56. The second-order valence-corrected chi connectivity index (χ2v) is 8.63. The molecule has 180 valence electrons. The van der Waals surface area contributed by atoms with Crippen LogP contribution < -0.4 is 26.2 Å². The van der Waals surface area contributed by atoms with Gasteiger partial charge in [0.05, 0.1) is 24.0 Å². The van der Waals surface area contributed by atoms with Gasteiger partial charge in [0.1, 0.15) is 28.3 Å². The number of amides is 1. The van der Waals surface area contributed by atoms with Crippen LogP contribution in [0.2, 0.25) is 0 Å². The van der Waals surface area contributed by atoms with Crippen molar-refractivity contribution < 1.29 is 9.53 Å². The highest BCUT2D eigenvalue weighted by Gasteiger charge is 2.26. The van der Waals surface area contributed by atoms with E-state index in [0.29, 0.717) is 23.7 Å². The molecule has 1 unspecified atom stereocenters. The summed E-state index contributed by atoms with van der Waals surface area (Å²) in [5.41, 5.74) is 9.19. The highest BCUT2D eigenvalue weighted by Crippen LogP contribution is 2.36. The second-order valence-electron chi connectivity index (χ2n) is 8.63. The molecule has 0 bridgehead atoms. The number of ether oxygens (including phenoxy) is 1. The Kier molecular flexibility index (Phi) is 5.73. The normalized spacial score (nSPS) is 15.5. The number of nitrogens with zero attached hydrogens (tertiary/aromatic N) is 5. The van der Waals surface area contributed by atoms with Gasteiger partial charge in [-0.2, -0.15) is 9.78 Å². The number of carbonyl (C=O) groups is 1. The Hall–Kier alpha value is -4.18. The molecule has 2 aromatic carbocycles. The fourth-order valence-corrected chi connectivity index (χ4v) is 4.52. The number of nitrogens with one attached hydrogen (secondary N) is 1. The van der Waals surface area contributed by atoms with Crippen molar-refractivity contribution >= 4 is 28.3 Å². The average molecular weight is 474 g/mol. The van der Waals surface area contributed by atoms with Crippen LogP contribution in [0.15, 0.2) is 53.5 Å². The van der Waals surface area contributed by atoms with E-state index in [2.05, 4.69) is 15.3 Å². The van der Waals surface area contributed by atoms with Gasteiger partial charge in [-0.05, 0) is 43.7 Å². The SMILES string of the molecule is COc1ccccc1-n1nccc(C(=O)Nc2ccc3c(nc(C)n3C)c2N2CCC(N)C2)c1=O. The average Bonchev–Trinajstić information content (AvgIpc) is 3.41. The highest BCUT2D eigenvalue weighted by atomic mass is 16.5. The summed E-state index contributed by atoms with van der Waals surface area (Å²) in [5.74, 6) is 0.808. The second kappa shape index (κ2) is 8.88. The Morgan fingerprint density at radius 3 is 2.74 bits per heavy atom. The lowest BCUT2D eigenvalue weighted by molar-refractivity contribution is 0.102. The third-order valence-corrected chi connectivity index (χ3v) is 6.44. The molecule has 1 aliphatic rings. The van der Waals surface area contributed by atoms with Crippen LogP contribution in [-0.2, 0) is 7.05 Å². The molecule has 0 aliphatic carbocycles. The Morgan fingerprint density at radius 1 is 1.20 bits per heavy atom. The molecule has 0 radical (unpaired) electrons. The van der Waals surface area contributed by atoms with Crippen molar-refractivity contribution in [2.24, 2.45) is 12.8 Å². The molecule has 2 aromatic heterocycles. The number of imidazole rings is 1. The Labute approximate surface area is 201 Å². The molecule has 35 heavy (non-hydrogen) atoms. The molecular weight excluding hydrogens is 446 g/mol. The summed E-state index contributed by atoms with van der Waals surface area (Å²) in [7, 11) is 3.47. The number of fused-ring (bicyclic) bond motifs is 1. The van der Waals surface area contributed by atoms with E-state index in [-0.39, 0.29) is 11.6 Å². The predicted molar refractivity (Wildman–Crippen MR) is 135 cm³/mol. The van der Waals surface area contributed by atoms with Crippen LogP contribution in [0.25, 0.3) is 16.7 Å². The lowest BCUT2D eigenvalue weighted by Crippen LogP contribution is -2.31. The highest BCUT2D eigenvalue weighted by molar-refractivity contribution is 6.09. The van der Waals surface area contributed by atoms with Gasteiger partial charge in [0.2, 0.25) is 0 Å². The minimum Gasteiger partial charge on any atom is -0.494 e. The quantitative estimate of drug-likeness (QED) is 0.456. The summed E-state index contributed by atoms with van der Waals surface area (Å²) in [6.45, 7) is 3.36. The van der Waals surface area contributed by atoms with Gasteiger partial charge in [0, 0.05) is 32.4 Å². The molecule has 3 heterocycles. The molecule has 10 nitrogen and oxygen atoms in total. The zero-order valence-electron chi connectivity index (χ0n) is 19.9. The van der Waals surface area contributed by atoms with Crippen molar-refractivity contribution in [1.82, 2.24) is 19.3 Å². The van der Waals surface area contributed by atoms with Crippen LogP contribution in [0.5, 0.6) is 5.75 Å². The van der Waals surface area contributed by atoms with Gasteiger partial charge < -0.3 is 25.3 Å². The summed E-state index contributed by atoms with van der Waals surface area (Å²) >= 11 is 0. The number of hydrogen-bond donors (Lipinski definition) is 2. The van der Waals surface area contributed by atoms with Crippen molar-refractivity contribution in [3.8, 4) is 11.4 Å². The standard InChI is InChI=1S/C25H27N7O3/c1-15-28-22-20(30(15)2)9-8-18(23(22)31-13-11-16(26)14-31)29-24(33)17-10-12-27-32(25(17)34)19-6-4-5-7-21(19)35-3/h4-10,12,16H,11,13-14,26H2,1-3H3,(H,29,33). The fraction of sp³-hybridized carbons (Fsp3) is 0.280. The first-order valence-corrected chi connectivity index (χ1v) is 11.4. The zero-order chi connectivity index (χ0) is 24.7. The molecule has 3 N–H and O–H groups in total. The van der Waals surface area contributed by atoms with Crippen LogP contribution in [0.3, 0.4) is 0 Å². The van der Waals surface area contributed by atoms with E-state index in [1.165, 1.54) is 24.1 Å². The predicted octanol–water partition coefficient (Wildman–Crippen LogP) is 2.23. The molecule has 1 amide bonds. The van der Waals surface area contributed by atoms with E-state index >= 15 is 0 Å². The van der Waals surface area contributed by atoms with Crippen LogP contribution in [0.1, 0.15) is 22.6 Å². The molecule has 4 aromatic rings. The van der Waals surface area contributed by atoms with Crippen LogP contribution in [-0.4, -0.2) is 51.5 Å². The van der Waals surface area contributed by atoms with Crippen molar-refractivity contribution in [2.45, 2.75) is 19.4 Å². The Morgan fingerprint density at radius 2 is 2.00 bits per heavy atom. The Bertz CT molecular complexity index is 1490. The molecule has 10 heteroatoms. The summed E-state index contributed by atoms with van der Waals surface area (Å²) in [6, 6.07) is 12.2. The van der Waals surface area contributed by atoms with Gasteiger partial charge in [-0.25, -0.2) is 4.98 Å². The smallest absolute Gasteiger partial charge is 0.284 e. The summed E-state index contributed by atoms with van der Waals surface area (Å²) in [5, 5.41) is 7.10. The van der Waals surface area contributed by atoms with Crippen molar-refractivity contribution in [2.75, 3.05) is 30.4 Å². The molecule has 1 aliphatic heterocycles. The van der Waals surface area contributed by atoms with E-state index in [1.54, 1.807) is 24.3 Å². The van der Waals surface area contributed by atoms with Gasteiger partial charge in [-0.1, -0.05) is 12.1 Å². The summed E-state index contributed by atoms with van der Waals surface area (Å²) in [6.07, 6.45) is 2.28. The number of methoxy groups -OCH3 is 1. The third kappa shape index (κ3) is 3.91. The molecule has 1 saturated heterocycles. The minimum absolute atomic E-state index is 0.0349. The lowest BCUT2D eigenvalue weighted by Gasteiger charge is -2.22. The van der Waals surface area contributed by atoms with Crippen molar-refractivity contribution in [3.63, 3.8) is 0 Å². The first-order chi connectivity index (χ1) is 16.9. The topological polar surface area (TPSA) is 120 Å². The van der Waals surface area contributed by atoms with Crippen LogP contribution in [0, 0.1) is 6.92 Å². The number of aromatic nitrogens is 4. The minimum atomic E-state index is -0.547. The molecule has 0 saturated carbocycles. The number of anilines is 2. The molecule has 5 rings (SSSR count). The van der Waals surface area contributed by atoms with Crippen molar-refractivity contribution in [3.05, 3.63) is 70.4 Å². The number of carbonyl (C=O) groups excluding carboxylic acids is 1. The number of aryl methyl sites for hydroxylation is 2. The monoisotopic (exact) mass is 473 g/mol. The fourth-order valence-electron chi connectivity index (χ4n) is 4.52. The van der Waals surface area contributed by atoms with Gasteiger partial charge in [-0.15, -0.1) is 0 Å². The molecule has 0 spiro atoms. The van der Waals surface area contributed by atoms with E-state index in [4.69, 9.17) is 15.5 Å². The summed E-state index contributed by atoms with van der Waals surface area (Å²) in [4.78, 5) is 33.5. The number of hydrogen-bond acceptors (Lipinski definition) is 7. The van der Waals surface area contributed by atoms with E-state index in [1.807, 2.05) is 30.7 Å². The van der Waals surface area contributed by atoms with E-state index < -0.39 is 11.5 Å². The van der Waals surface area contributed by atoms with E-state index in [0.717, 1.165) is 35.5 Å². The van der Waals surface area contributed by atoms with Crippen LogP contribution in [0.4, 0.5) is 11.4 Å². The third-order valence-electron chi connectivity index (χ3n) is 6.44. The van der Waals surface area contributed by atoms with Gasteiger partial charge in [0.15, 0.2) is 0 Å². The molecule has 1 atom stereocenters. The first-order valence-electron chi connectivity index (χ1n) is 11.4. The first kappa shape index (κ1) is 22.6. The molecular formula is C25H27N7O3. The van der Waals surface area contributed by atoms with E-state index in [9.17, 15) is 9.59 Å². The van der Waals surface area contributed by atoms with Gasteiger partial charge in [0.25, 0.3) is 11.5 Å². The number of rotatable bonds is 5. The van der Waals surface area contributed by atoms with Crippen molar-refractivity contribution in [1.29, 1.82) is 0 Å². The zero-order valence-corrected chi connectivity index (χ0v) is 19.9. The largest absolute Gasteiger partial charge is 0.494 e. The molecule has 1 fully saturated rings. The van der Waals surface area contributed by atoms with Gasteiger partial charge >= 0.3 is 0 Å². The van der Waals surface area contributed by atoms with Gasteiger partial charge in [-0.3, -0.25) is 9.59 Å². The number of nitrogens with two attached hydrogens (primary N) is 1.